The van der Waals surface area contributed by atoms with Crippen LogP contribution in [0.2, 0.25) is 0 Å². The van der Waals surface area contributed by atoms with Crippen LogP contribution in [0, 0.1) is 12.3 Å². The molecular formula is C11H14N2O3. The molecule has 5 nitrogen and oxygen atoms in total. The number of oxazole rings is 1. The summed E-state index contributed by atoms with van der Waals surface area (Å²) in [5.74, 6) is 2.00. The Morgan fingerprint density at radius 1 is 1.69 bits per heavy atom. The summed E-state index contributed by atoms with van der Waals surface area (Å²) >= 11 is 0. The Bertz CT molecular complexity index is 392. The minimum Gasteiger partial charge on any atom is -0.461 e. The molecule has 0 atom stereocenters. The minimum atomic E-state index is -0.491. The maximum atomic E-state index is 11.3. The van der Waals surface area contributed by atoms with Crippen molar-refractivity contribution in [2.24, 2.45) is 0 Å². The third-order valence-corrected chi connectivity index (χ3v) is 1.91. The summed E-state index contributed by atoms with van der Waals surface area (Å²) in [5, 5.41) is 0. The van der Waals surface area contributed by atoms with Gasteiger partial charge in [-0.3, -0.25) is 0 Å². The van der Waals surface area contributed by atoms with Crippen LogP contribution in [0.1, 0.15) is 24.3 Å². The highest BCUT2D eigenvalue weighted by atomic mass is 16.5. The maximum absolute atomic E-state index is 11.3. The van der Waals surface area contributed by atoms with Gasteiger partial charge in [0.2, 0.25) is 0 Å². The number of aromatic nitrogens is 1. The Labute approximate surface area is 94.4 Å². The zero-order valence-corrected chi connectivity index (χ0v) is 9.40. The van der Waals surface area contributed by atoms with Gasteiger partial charge in [-0.15, -0.1) is 6.42 Å². The van der Waals surface area contributed by atoms with Crippen molar-refractivity contribution in [3.63, 3.8) is 0 Å². The lowest BCUT2D eigenvalue weighted by Gasteiger charge is -2.13. The standard InChI is InChI=1S/C11H14N2O3/c1-4-7-13(5-2)11-12-9(8-16-11)10(14)15-6-3/h1,8H,5-7H2,2-3H3. The minimum absolute atomic E-state index is 0.160. The number of esters is 1. The van der Waals surface area contributed by atoms with Crippen LogP contribution in [0.5, 0.6) is 0 Å². The maximum Gasteiger partial charge on any atom is 0.360 e. The van der Waals surface area contributed by atoms with Crippen molar-refractivity contribution in [1.29, 1.82) is 0 Å². The van der Waals surface area contributed by atoms with Gasteiger partial charge in [0.15, 0.2) is 5.69 Å². The van der Waals surface area contributed by atoms with E-state index in [0.29, 0.717) is 25.7 Å². The number of nitrogens with zero attached hydrogens (tertiary/aromatic N) is 2. The molecule has 5 heteroatoms. The van der Waals surface area contributed by atoms with E-state index in [9.17, 15) is 4.79 Å². The predicted octanol–water partition coefficient (Wildman–Crippen LogP) is 1.31. The second-order valence-corrected chi connectivity index (χ2v) is 2.95. The van der Waals surface area contributed by atoms with Crippen molar-refractivity contribution >= 4 is 12.0 Å². The predicted molar refractivity (Wildman–Crippen MR) is 59.2 cm³/mol. The first-order valence-corrected chi connectivity index (χ1v) is 5.04. The topological polar surface area (TPSA) is 55.6 Å². The summed E-state index contributed by atoms with van der Waals surface area (Å²) < 4.78 is 9.95. The van der Waals surface area contributed by atoms with Crippen LogP contribution in [-0.2, 0) is 4.74 Å². The van der Waals surface area contributed by atoms with Crippen LogP contribution in [0.15, 0.2) is 10.7 Å². The molecular weight excluding hydrogens is 208 g/mol. The van der Waals surface area contributed by atoms with E-state index >= 15 is 0 Å². The number of ether oxygens (including phenoxy) is 1. The van der Waals surface area contributed by atoms with E-state index in [-0.39, 0.29) is 5.69 Å². The van der Waals surface area contributed by atoms with Crippen LogP contribution < -0.4 is 4.90 Å². The highest BCUT2D eigenvalue weighted by molar-refractivity contribution is 5.87. The molecule has 0 amide bonds. The molecule has 16 heavy (non-hydrogen) atoms. The van der Waals surface area contributed by atoms with Gasteiger partial charge < -0.3 is 14.1 Å². The molecule has 0 aliphatic carbocycles. The van der Waals surface area contributed by atoms with E-state index in [1.165, 1.54) is 6.26 Å². The summed E-state index contributed by atoms with van der Waals surface area (Å²) in [7, 11) is 0. The second-order valence-electron chi connectivity index (χ2n) is 2.95. The molecule has 0 saturated heterocycles. The Morgan fingerprint density at radius 3 is 3.00 bits per heavy atom. The Balaban J connectivity index is 2.77. The molecule has 1 heterocycles. The fourth-order valence-corrected chi connectivity index (χ4v) is 1.13. The molecule has 0 N–H and O–H groups in total. The van der Waals surface area contributed by atoms with E-state index in [1.807, 2.05) is 6.92 Å². The molecule has 0 aromatic carbocycles. The average Bonchev–Trinajstić information content (AvgIpc) is 2.75. The number of rotatable bonds is 5. The number of terminal acetylenes is 1. The fourth-order valence-electron chi connectivity index (χ4n) is 1.13. The molecule has 1 rings (SSSR count). The van der Waals surface area contributed by atoms with Gasteiger partial charge in [0.25, 0.3) is 6.01 Å². The van der Waals surface area contributed by atoms with Gasteiger partial charge in [-0.05, 0) is 13.8 Å². The third-order valence-electron chi connectivity index (χ3n) is 1.91. The molecule has 1 aromatic heterocycles. The van der Waals surface area contributed by atoms with Crippen LogP contribution in [-0.4, -0.2) is 30.6 Å². The Kier molecular flexibility index (Phi) is 4.40. The number of carbonyl (C=O) groups is 1. The largest absolute Gasteiger partial charge is 0.461 e. The van der Waals surface area contributed by atoms with E-state index in [0.717, 1.165) is 0 Å². The Morgan fingerprint density at radius 2 is 2.44 bits per heavy atom. The molecule has 0 aliphatic heterocycles. The molecule has 0 radical (unpaired) electrons. The average molecular weight is 222 g/mol. The molecule has 1 aromatic rings. The number of hydrogen-bond donors (Lipinski definition) is 0. The first kappa shape index (κ1) is 12.1. The van der Waals surface area contributed by atoms with Gasteiger partial charge >= 0.3 is 5.97 Å². The quantitative estimate of drug-likeness (QED) is 0.555. The van der Waals surface area contributed by atoms with Crippen molar-refractivity contribution in [1.82, 2.24) is 4.98 Å². The normalized spacial score (nSPS) is 9.56. The van der Waals surface area contributed by atoms with Crippen LogP contribution in [0.3, 0.4) is 0 Å². The number of carbonyl (C=O) groups excluding carboxylic acids is 1. The van der Waals surface area contributed by atoms with Gasteiger partial charge in [-0.1, -0.05) is 5.92 Å². The highest BCUT2D eigenvalue weighted by Crippen LogP contribution is 2.13. The van der Waals surface area contributed by atoms with Crippen LogP contribution >= 0.6 is 0 Å². The van der Waals surface area contributed by atoms with Gasteiger partial charge in [0, 0.05) is 6.54 Å². The highest BCUT2D eigenvalue weighted by Gasteiger charge is 2.16. The zero-order valence-electron chi connectivity index (χ0n) is 9.40. The molecule has 0 fully saturated rings. The first-order chi connectivity index (χ1) is 7.72. The summed E-state index contributed by atoms with van der Waals surface area (Å²) in [5.41, 5.74) is 0.160. The van der Waals surface area contributed by atoms with Crippen molar-refractivity contribution in [3.05, 3.63) is 12.0 Å². The number of hydrogen-bond acceptors (Lipinski definition) is 5. The van der Waals surface area contributed by atoms with E-state index in [1.54, 1.807) is 11.8 Å². The molecule has 0 bridgehead atoms. The number of anilines is 1. The second kappa shape index (κ2) is 5.81. The fraction of sp³-hybridized carbons (Fsp3) is 0.455. The monoisotopic (exact) mass is 222 g/mol. The summed E-state index contributed by atoms with van der Waals surface area (Å²) in [4.78, 5) is 17.1. The van der Waals surface area contributed by atoms with E-state index in [4.69, 9.17) is 15.6 Å². The van der Waals surface area contributed by atoms with Crippen LogP contribution in [0.4, 0.5) is 6.01 Å². The van der Waals surface area contributed by atoms with Crippen molar-refractivity contribution in [2.45, 2.75) is 13.8 Å². The lowest BCUT2D eigenvalue weighted by atomic mass is 10.5. The van der Waals surface area contributed by atoms with Crippen LogP contribution in [0.25, 0.3) is 0 Å². The Hall–Kier alpha value is -1.96. The third kappa shape index (κ3) is 2.76. The first-order valence-electron chi connectivity index (χ1n) is 5.04. The smallest absolute Gasteiger partial charge is 0.360 e. The summed E-state index contributed by atoms with van der Waals surface area (Å²) in [6.07, 6.45) is 6.47. The van der Waals surface area contributed by atoms with Crippen molar-refractivity contribution in [2.75, 3.05) is 24.6 Å². The molecule has 0 spiro atoms. The molecule has 86 valence electrons. The SMILES string of the molecule is C#CCN(CC)c1nc(C(=O)OCC)co1. The van der Waals surface area contributed by atoms with Crippen molar-refractivity contribution in [3.8, 4) is 12.3 Å². The summed E-state index contributed by atoms with van der Waals surface area (Å²) in [6, 6.07) is 0.337. The molecule has 0 aliphatic rings. The van der Waals surface area contributed by atoms with E-state index < -0.39 is 5.97 Å². The van der Waals surface area contributed by atoms with Gasteiger partial charge in [0.05, 0.1) is 13.2 Å². The molecule has 0 unspecified atom stereocenters. The lowest BCUT2D eigenvalue weighted by molar-refractivity contribution is 0.0519. The van der Waals surface area contributed by atoms with Gasteiger partial charge in [-0.25, -0.2) is 4.79 Å². The van der Waals surface area contributed by atoms with Gasteiger partial charge in [0.1, 0.15) is 6.26 Å². The van der Waals surface area contributed by atoms with Gasteiger partial charge in [-0.2, -0.15) is 4.98 Å². The zero-order chi connectivity index (χ0) is 12.0. The van der Waals surface area contributed by atoms with Crippen molar-refractivity contribution < 1.29 is 13.9 Å². The van der Waals surface area contributed by atoms with E-state index in [2.05, 4.69) is 10.9 Å². The lowest BCUT2D eigenvalue weighted by Crippen LogP contribution is -2.23. The summed E-state index contributed by atoms with van der Waals surface area (Å²) in [6.45, 7) is 5.01. The molecule has 0 saturated carbocycles.